The number of anilines is 1. The molecule has 21 heavy (non-hydrogen) atoms. The molecule has 0 bridgehead atoms. The highest BCUT2D eigenvalue weighted by molar-refractivity contribution is 6.54. The number of hydrogen-bond acceptors (Lipinski definition) is 4. The van der Waals surface area contributed by atoms with Gasteiger partial charge in [-0.25, -0.2) is 0 Å². The van der Waals surface area contributed by atoms with Crippen LogP contribution in [-0.2, 0) is 4.79 Å². The molecule has 2 aromatic carbocycles. The Labute approximate surface area is 121 Å². The van der Waals surface area contributed by atoms with Crippen molar-refractivity contribution in [3.8, 4) is 5.75 Å². The zero-order valence-electron chi connectivity index (χ0n) is 11.4. The van der Waals surface area contributed by atoms with Crippen molar-refractivity contribution >= 4 is 23.5 Å². The molecule has 104 valence electrons. The van der Waals surface area contributed by atoms with Crippen molar-refractivity contribution in [2.24, 2.45) is 10.2 Å². The molecule has 1 aliphatic heterocycles. The van der Waals surface area contributed by atoms with E-state index in [1.807, 2.05) is 24.3 Å². The van der Waals surface area contributed by atoms with Gasteiger partial charge in [0, 0.05) is 18.2 Å². The van der Waals surface area contributed by atoms with Crippen LogP contribution in [0.1, 0.15) is 11.1 Å². The molecule has 0 fully saturated rings. The Kier molecular flexibility index (Phi) is 3.23. The number of phenols is 1. The van der Waals surface area contributed by atoms with Gasteiger partial charge in [-0.3, -0.25) is 4.79 Å². The van der Waals surface area contributed by atoms with Crippen molar-refractivity contribution < 1.29 is 9.90 Å². The number of aromatic hydroxyl groups is 1. The molecule has 3 rings (SSSR count). The van der Waals surface area contributed by atoms with E-state index in [1.54, 1.807) is 36.2 Å². The summed E-state index contributed by atoms with van der Waals surface area (Å²) in [5.74, 6) is -0.0673. The number of likely N-dealkylation sites (N-methyl/N-ethyl adjacent to an activating group) is 1. The molecule has 0 saturated carbocycles. The molecule has 0 spiro atoms. The number of amides is 1. The standard InChI is InChI=1S/C16H13N3O2/c1-19-13-8-4-3-7-12(13)15(16(19)21)18-17-10-11-6-2-5-9-14(11)20/h2-10,20H,1H3/b17-10+,18-15+. The lowest BCUT2D eigenvalue weighted by molar-refractivity contribution is -0.111. The number of benzene rings is 2. The van der Waals surface area contributed by atoms with Crippen LogP contribution in [0.2, 0.25) is 0 Å². The van der Waals surface area contributed by atoms with Crippen molar-refractivity contribution in [1.82, 2.24) is 0 Å². The minimum atomic E-state index is -0.189. The summed E-state index contributed by atoms with van der Waals surface area (Å²) in [7, 11) is 1.70. The second kappa shape index (κ2) is 5.20. The molecule has 2 aromatic rings. The first-order chi connectivity index (χ1) is 10.2. The SMILES string of the molecule is CN1C(=O)/C(=N/N=C/c2ccccc2O)c2ccccc21. The van der Waals surface area contributed by atoms with Crippen LogP contribution in [0.3, 0.4) is 0 Å². The summed E-state index contributed by atoms with van der Waals surface area (Å²) in [5.41, 5.74) is 2.44. The second-order valence-electron chi connectivity index (χ2n) is 4.63. The molecule has 5 heteroatoms. The number of rotatable bonds is 2. The number of fused-ring (bicyclic) bond motifs is 1. The smallest absolute Gasteiger partial charge is 0.279 e. The fourth-order valence-corrected chi connectivity index (χ4v) is 2.19. The van der Waals surface area contributed by atoms with Crippen LogP contribution < -0.4 is 4.90 Å². The van der Waals surface area contributed by atoms with Gasteiger partial charge in [-0.1, -0.05) is 30.3 Å². The van der Waals surface area contributed by atoms with E-state index >= 15 is 0 Å². The summed E-state index contributed by atoms with van der Waals surface area (Å²) in [5, 5.41) is 17.6. The third-order valence-electron chi connectivity index (χ3n) is 3.32. The quantitative estimate of drug-likeness (QED) is 0.676. The summed E-state index contributed by atoms with van der Waals surface area (Å²) < 4.78 is 0. The zero-order valence-corrected chi connectivity index (χ0v) is 11.4. The molecule has 1 aliphatic rings. The Morgan fingerprint density at radius 1 is 1.10 bits per heavy atom. The highest BCUT2D eigenvalue weighted by atomic mass is 16.3. The molecule has 0 aromatic heterocycles. The van der Waals surface area contributed by atoms with Gasteiger partial charge < -0.3 is 10.0 Å². The first-order valence-corrected chi connectivity index (χ1v) is 6.45. The average molecular weight is 279 g/mol. The fraction of sp³-hybridized carbons (Fsp3) is 0.0625. The maximum absolute atomic E-state index is 12.1. The van der Waals surface area contributed by atoms with E-state index in [4.69, 9.17) is 0 Å². The van der Waals surface area contributed by atoms with Crippen LogP contribution in [-0.4, -0.2) is 30.0 Å². The Balaban J connectivity index is 1.94. The molecular weight excluding hydrogens is 266 g/mol. The van der Waals surface area contributed by atoms with E-state index in [0.717, 1.165) is 11.3 Å². The highest BCUT2D eigenvalue weighted by Crippen LogP contribution is 2.27. The van der Waals surface area contributed by atoms with Gasteiger partial charge in [0.15, 0.2) is 5.71 Å². The maximum Gasteiger partial charge on any atom is 0.279 e. The number of nitrogens with zero attached hydrogens (tertiary/aromatic N) is 3. The van der Waals surface area contributed by atoms with Crippen molar-refractivity contribution in [1.29, 1.82) is 0 Å². The second-order valence-corrected chi connectivity index (χ2v) is 4.63. The van der Waals surface area contributed by atoms with Gasteiger partial charge in [-0.15, -0.1) is 5.10 Å². The Bertz CT molecular complexity index is 766. The van der Waals surface area contributed by atoms with E-state index in [2.05, 4.69) is 10.2 Å². The normalized spacial score (nSPS) is 16.0. The fourth-order valence-electron chi connectivity index (χ4n) is 2.19. The summed E-state index contributed by atoms with van der Waals surface area (Å²) in [6, 6.07) is 14.2. The van der Waals surface area contributed by atoms with Crippen molar-refractivity contribution in [3.63, 3.8) is 0 Å². The van der Waals surface area contributed by atoms with Crippen LogP contribution in [0.5, 0.6) is 5.75 Å². The van der Waals surface area contributed by atoms with Crippen LogP contribution in [0.15, 0.2) is 58.7 Å². The third-order valence-corrected chi connectivity index (χ3v) is 3.32. The average Bonchev–Trinajstić information content (AvgIpc) is 2.74. The number of carbonyl (C=O) groups is 1. The lowest BCUT2D eigenvalue weighted by Crippen LogP contribution is -2.25. The molecule has 0 unspecified atom stereocenters. The lowest BCUT2D eigenvalue weighted by Gasteiger charge is -2.07. The topological polar surface area (TPSA) is 65.3 Å². The van der Waals surface area contributed by atoms with Crippen molar-refractivity contribution in [2.75, 3.05) is 11.9 Å². The van der Waals surface area contributed by atoms with Crippen LogP contribution in [0.4, 0.5) is 5.69 Å². The summed E-state index contributed by atoms with van der Waals surface area (Å²) in [4.78, 5) is 13.7. The molecule has 1 amide bonds. The lowest BCUT2D eigenvalue weighted by atomic mass is 10.1. The van der Waals surface area contributed by atoms with Gasteiger partial charge >= 0.3 is 0 Å². The first-order valence-electron chi connectivity index (χ1n) is 6.45. The molecule has 0 aliphatic carbocycles. The summed E-state index contributed by atoms with van der Waals surface area (Å²) in [6.07, 6.45) is 1.43. The largest absolute Gasteiger partial charge is 0.507 e. The Morgan fingerprint density at radius 2 is 1.81 bits per heavy atom. The van der Waals surface area contributed by atoms with Gasteiger partial charge in [-0.05, 0) is 18.2 Å². The number of phenolic OH excluding ortho intramolecular Hbond substituents is 1. The monoisotopic (exact) mass is 279 g/mol. The third kappa shape index (κ3) is 2.29. The number of carbonyl (C=O) groups excluding carboxylic acids is 1. The van der Waals surface area contributed by atoms with Gasteiger partial charge in [-0.2, -0.15) is 5.10 Å². The van der Waals surface area contributed by atoms with Gasteiger partial charge in [0.05, 0.1) is 11.9 Å². The van der Waals surface area contributed by atoms with Crippen molar-refractivity contribution in [3.05, 3.63) is 59.7 Å². The molecule has 0 atom stereocenters. The Morgan fingerprint density at radius 3 is 2.62 bits per heavy atom. The summed E-state index contributed by atoms with van der Waals surface area (Å²) >= 11 is 0. The van der Waals surface area contributed by atoms with Gasteiger partial charge in [0.25, 0.3) is 5.91 Å². The molecule has 1 heterocycles. The maximum atomic E-state index is 12.1. The predicted octanol–water partition coefficient (Wildman–Crippen LogP) is 2.19. The number of hydrogen-bond donors (Lipinski definition) is 1. The molecule has 0 saturated heterocycles. The van der Waals surface area contributed by atoms with E-state index in [0.29, 0.717) is 11.3 Å². The van der Waals surface area contributed by atoms with Gasteiger partial charge in [0.1, 0.15) is 5.75 Å². The highest BCUT2D eigenvalue weighted by Gasteiger charge is 2.30. The minimum Gasteiger partial charge on any atom is -0.507 e. The van der Waals surface area contributed by atoms with E-state index in [9.17, 15) is 9.90 Å². The van der Waals surface area contributed by atoms with E-state index in [-0.39, 0.29) is 11.7 Å². The Hall–Kier alpha value is -2.95. The zero-order chi connectivity index (χ0) is 14.8. The van der Waals surface area contributed by atoms with Crippen molar-refractivity contribution in [2.45, 2.75) is 0 Å². The van der Waals surface area contributed by atoms with E-state index < -0.39 is 0 Å². The minimum absolute atomic E-state index is 0.122. The molecular formula is C16H13N3O2. The molecule has 5 nitrogen and oxygen atoms in total. The predicted molar refractivity (Wildman–Crippen MR) is 82.1 cm³/mol. The number of para-hydroxylation sites is 2. The first kappa shape index (κ1) is 13.1. The summed E-state index contributed by atoms with van der Waals surface area (Å²) in [6.45, 7) is 0. The van der Waals surface area contributed by atoms with Crippen LogP contribution in [0.25, 0.3) is 0 Å². The van der Waals surface area contributed by atoms with E-state index in [1.165, 1.54) is 6.21 Å². The van der Waals surface area contributed by atoms with Crippen LogP contribution in [0, 0.1) is 0 Å². The molecule has 1 N–H and O–H groups in total. The molecule has 0 radical (unpaired) electrons. The van der Waals surface area contributed by atoms with Gasteiger partial charge in [0.2, 0.25) is 0 Å². The van der Waals surface area contributed by atoms with Crippen LogP contribution >= 0.6 is 0 Å².